The number of pyridine rings is 1. The number of terminal acetylenes is 1. The number of nitrogens with zero attached hydrogens (tertiary/aromatic N) is 3. The number of aromatic nitrogens is 1. The van der Waals surface area contributed by atoms with Crippen LogP contribution in [0, 0.1) is 19.3 Å². The van der Waals surface area contributed by atoms with Crippen LogP contribution in [0.15, 0.2) is 35.5 Å². The van der Waals surface area contributed by atoms with Crippen LogP contribution in [-0.2, 0) is 6.18 Å². The van der Waals surface area contributed by atoms with Crippen LogP contribution in [0.25, 0.3) is 0 Å². The maximum Gasteiger partial charge on any atom is 0.417 e. The SMILES string of the molecule is C#CC(C)N=CN(C)c1cnc(Oc2ccc(Cl)c(C(F)(F)F)c2)cc1C. The lowest BCUT2D eigenvalue weighted by molar-refractivity contribution is -0.137. The van der Waals surface area contributed by atoms with Gasteiger partial charge in [0.25, 0.3) is 0 Å². The van der Waals surface area contributed by atoms with E-state index in [4.69, 9.17) is 22.8 Å². The van der Waals surface area contributed by atoms with Gasteiger partial charge in [0.15, 0.2) is 0 Å². The zero-order valence-corrected chi connectivity index (χ0v) is 15.6. The summed E-state index contributed by atoms with van der Waals surface area (Å²) in [5, 5.41) is -0.392. The number of anilines is 1. The molecular weight excluding hydrogens is 379 g/mol. The first-order valence-electron chi connectivity index (χ1n) is 7.85. The molecule has 0 aliphatic rings. The molecule has 0 aliphatic heterocycles. The number of ether oxygens (including phenoxy) is 1. The average Bonchev–Trinajstić information content (AvgIpc) is 2.60. The van der Waals surface area contributed by atoms with Crippen LogP contribution in [0.1, 0.15) is 18.1 Å². The highest BCUT2D eigenvalue weighted by atomic mass is 35.5. The van der Waals surface area contributed by atoms with Crippen molar-refractivity contribution in [2.75, 3.05) is 11.9 Å². The summed E-state index contributed by atoms with van der Waals surface area (Å²) in [7, 11) is 1.78. The number of halogens is 4. The summed E-state index contributed by atoms with van der Waals surface area (Å²) in [6.07, 6.45) is 3.84. The van der Waals surface area contributed by atoms with Crippen LogP contribution in [-0.4, -0.2) is 24.4 Å². The Morgan fingerprint density at radius 2 is 2.07 bits per heavy atom. The molecule has 1 unspecified atom stereocenters. The van der Waals surface area contributed by atoms with Gasteiger partial charge in [-0.1, -0.05) is 17.5 Å². The summed E-state index contributed by atoms with van der Waals surface area (Å²) in [5.41, 5.74) is 0.586. The zero-order valence-electron chi connectivity index (χ0n) is 14.9. The minimum Gasteiger partial charge on any atom is -0.439 e. The number of rotatable bonds is 5. The van der Waals surface area contributed by atoms with Gasteiger partial charge in [0, 0.05) is 13.1 Å². The van der Waals surface area contributed by atoms with E-state index < -0.39 is 16.8 Å². The molecule has 0 saturated heterocycles. The second-order valence-corrected chi connectivity index (χ2v) is 6.18. The van der Waals surface area contributed by atoms with E-state index in [1.54, 1.807) is 31.3 Å². The molecule has 0 aliphatic carbocycles. The molecule has 0 fully saturated rings. The Morgan fingerprint density at radius 3 is 2.67 bits per heavy atom. The minimum absolute atomic E-state index is 0.0101. The van der Waals surface area contributed by atoms with Gasteiger partial charge in [0.05, 0.1) is 28.8 Å². The fourth-order valence-corrected chi connectivity index (χ4v) is 2.38. The normalized spacial score (nSPS) is 12.7. The van der Waals surface area contributed by atoms with Gasteiger partial charge >= 0.3 is 6.18 Å². The minimum atomic E-state index is -4.57. The zero-order chi connectivity index (χ0) is 20.2. The maximum absolute atomic E-state index is 12.9. The number of aliphatic imine (C=N–C) groups is 1. The maximum atomic E-state index is 12.9. The Kier molecular flexibility index (Phi) is 6.34. The molecule has 8 heteroatoms. The van der Waals surface area contributed by atoms with Gasteiger partial charge in [-0.25, -0.2) is 4.98 Å². The van der Waals surface area contributed by atoms with E-state index in [0.717, 1.165) is 23.4 Å². The van der Waals surface area contributed by atoms with Crippen molar-refractivity contribution in [2.45, 2.75) is 26.1 Å². The lowest BCUT2D eigenvalue weighted by atomic mass is 10.2. The average molecular weight is 396 g/mol. The molecule has 0 bridgehead atoms. The molecule has 142 valence electrons. The van der Waals surface area contributed by atoms with Gasteiger partial charge in [0.1, 0.15) is 11.8 Å². The van der Waals surface area contributed by atoms with Gasteiger partial charge in [-0.05, 0) is 37.6 Å². The highest BCUT2D eigenvalue weighted by Crippen LogP contribution is 2.37. The van der Waals surface area contributed by atoms with E-state index in [1.165, 1.54) is 12.3 Å². The van der Waals surface area contributed by atoms with Gasteiger partial charge < -0.3 is 9.64 Å². The van der Waals surface area contributed by atoms with Gasteiger partial charge in [-0.15, -0.1) is 6.42 Å². The van der Waals surface area contributed by atoms with Crippen molar-refractivity contribution in [3.63, 3.8) is 0 Å². The quantitative estimate of drug-likeness (QED) is 0.389. The second kappa shape index (κ2) is 8.31. The van der Waals surface area contributed by atoms with Gasteiger partial charge in [0.2, 0.25) is 5.88 Å². The summed E-state index contributed by atoms with van der Waals surface area (Å²) < 4.78 is 44.3. The summed E-state index contributed by atoms with van der Waals surface area (Å²) in [6, 6.07) is 4.69. The third-order valence-corrected chi connectivity index (χ3v) is 3.94. The number of benzene rings is 1. The molecule has 1 aromatic heterocycles. The first kappa shape index (κ1) is 20.6. The highest BCUT2D eigenvalue weighted by molar-refractivity contribution is 6.31. The van der Waals surface area contributed by atoms with Crippen molar-refractivity contribution < 1.29 is 17.9 Å². The van der Waals surface area contributed by atoms with E-state index in [2.05, 4.69) is 15.9 Å². The largest absolute Gasteiger partial charge is 0.439 e. The molecular formula is C19H17ClF3N3O. The monoisotopic (exact) mass is 395 g/mol. The van der Waals surface area contributed by atoms with Crippen molar-refractivity contribution >= 4 is 23.6 Å². The Hall–Kier alpha value is -2.72. The number of hydrogen-bond acceptors (Lipinski definition) is 3. The second-order valence-electron chi connectivity index (χ2n) is 5.77. The third kappa shape index (κ3) is 5.38. The van der Waals surface area contributed by atoms with E-state index >= 15 is 0 Å². The Morgan fingerprint density at radius 1 is 1.37 bits per heavy atom. The molecule has 27 heavy (non-hydrogen) atoms. The van der Waals surface area contributed by atoms with Crippen LogP contribution < -0.4 is 9.64 Å². The topological polar surface area (TPSA) is 37.7 Å². The summed E-state index contributed by atoms with van der Waals surface area (Å²) in [6.45, 7) is 3.61. The summed E-state index contributed by atoms with van der Waals surface area (Å²) >= 11 is 5.61. The Bertz CT molecular complexity index is 891. The summed E-state index contributed by atoms with van der Waals surface area (Å²) in [5.74, 6) is 2.64. The van der Waals surface area contributed by atoms with E-state index in [1.807, 2.05) is 6.92 Å². The third-order valence-electron chi connectivity index (χ3n) is 3.61. The first-order valence-corrected chi connectivity index (χ1v) is 8.23. The van der Waals surface area contributed by atoms with Crippen molar-refractivity contribution in [2.24, 2.45) is 4.99 Å². The van der Waals surface area contributed by atoms with E-state index in [0.29, 0.717) is 0 Å². The van der Waals surface area contributed by atoms with E-state index in [9.17, 15) is 13.2 Å². The molecule has 0 amide bonds. The van der Waals surface area contributed by atoms with Crippen molar-refractivity contribution in [1.82, 2.24) is 4.98 Å². The number of hydrogen-bond donors (Lipinski definition) is 0. The molecule has 0 radical (unpaired) electrons. The Labute approximate surface area is 160 Å². The lowest BCUT2D eigenvalue weighted by Crippen LogP contribution is -2.17. The van der Waals surface area contributed by atoms with Crippen LogP contribution in [0.4, 0.5) is 18.9 Å². The van der Waals surface area contributed by atoms with E-state index in [-0.39, 0.29) is 17.7 Å². The number of aryl methyl sites for hydroxylation is 1. The fourth-order valence-electron chi connectivity index (χ4n) is 2.16. The molecule has 0 saturated carbocycles. The van der Waals surface area contributed by atoms with Gasteiger partial charge in [-0.2, -0.15) is 13.2 Å². The fraction of sp³-hybridized carbons (Fsp3) is 0.263. The van der Waals surface area contributed by atoms with Crippen LogP contribution in [0.2, 0.25) is 5.02 Å². The molecule has 1 heterocycles. The molecule has 0 spiro atoms. The summed E-state index contributed by atoms with van der Waals surface area (Å²) in [4.78, 5) is 10.1. The van der Waals surface area contributed by atoms with Gasteiger partial charge in [-0.3, -0.25) is 4.99 Å². The molecule has 1 atom stereocenters. The van der Waals surface area contributed by atoms with Crippen LogP contribution in [0.5, 0.6) is 11.6 Å². The Balaban J connectivity index is 2.22. The molecule has 4 nitrogen and oxygen atoms in total. The predicted molar refractivity (Wildman–Crippen MR) is 101 cm³/mol. The molecule has 2 aromatic rings. The first-order chi connectivity index (χ1) is 12.6. The predicted octanol–water partition coefficient (Wildman–Crippen LogP) is 5.34. The van der Waals surface area contributed by atoms with Crippen LogP contribution >= 0.6 is 11.6 Å². The highest BCUT2D eigenvalue weighted by Gasteiger charge is 2.33. The van der Waals surface area contributed by atoms with Crippen molar-refractivity contribution in [3.8, 4) is 24.0 Å². The van der Waals surface area contributed by atoms with Crippen LogP contribution in [0.3, 0.4) is 0 Å². The number of alkyl halides is 3. The van der Waals surface area contributed by atoms with Crippen molar-refractivity contribution in [1.29, 1.82) is 0 Å². The lowest BCUT2D eigenvalue weighted by Gasteiger charge is -2.17. The standard InChI is InChI=1S/C19H17ClF3N3O/c1-5-13(3)25-11-26(4)17-10-24-18(8-12(17)2)27-14-6-7-16(20)15(9-14)19(21,22)23/h1,6-11,13H,2-4H3. The van der Waals surface area contributed by atoms with Crippen molar-refractivity contribution in [3.05, 3.63) is 46.6 Å². The molecule has 1 aromatic carbocycles. The smallest absolute Gasteiger partial charge is 0.417 e. The molecule has 0 N–H and O–H groups in total. The molecule has 2 rings (SSSR count).